The molecule has 7 nitrogen and oxygen atoms in total. The summed E-state index contributed by atoms with van der Waals surface area (Å²) in [6.07, 6.45) is 0. The Morgan fingerprint density at radius 3 is 2.31 bits per heavy atom. The van der Waals surface area contributed by atoms with Crippen molar-refractivity contribution in [3.05, 3.63) is 76.8 Å². The minimum absolute atomic E-state index is 0.360. The minimum atomic E-state index is -1.25. The molecule has 1 fully saturated rings. The molecule has 1 N–H and O–H groups in total. The highest BCUT2D eigenvalue weighted by molar-refractivity contribution is 5.96. The van der Waals surface area contributed by atoms with E-state index in [1.165, 1.54) is 18.2 Å². The van der Waals surface area contributed by atoms with Gasteiger partial charge in [-0.05, 0) is 68.4 Å². The quantitative estimate of drug-likeness (QED) is 0.665. The van der Waals surface area contributed by atoms with Crippen LogP contribution >= 0.6 is 0 Å². The van der Waals surface area contributed by atoms with Crippen LogP contribution in [0.2, 0.25) is 0 Å². The SMILES string of the molecule is CC(C)(C(=O)Nc1ccc(N2CCOCC2)cc1)n1nc(-c2ccc(F)cc2)ccc1=O. The molecule has 1 aliphatic rings. The summed E-state index contributed by atoms with van der Waals surface area (Å²) in [4.78, 5) is 27.8. The lowest BCUT2D eigenvalue weighted by Gasteiger charge is -2.29. The largest absolute Gasteiger partial charge is 0.378 e. The molecule has 0 atom stereocenters. The van der Waals surface area contributed by atoms with E-state index in [-0.39, 0.29) is 11.7 Å². The summed E-state index contributed by atoms with van der Waals surface area (Å²) in [6, 6.07) is 16.3. The van der Waals surface area contributed by atoms with Crippen molar-refractivity contribution in [1.82, 2.24) is 9.78 Å². The molecule has 4 rings (SSSR count). The van der Waals surface area contributed by atoms with Gasteiger partial charge in [0, 0.05) is 36.1 Å². The van der Waals surface area contributed by atoms with Crippen LogP contribution in [0.25, 0.3) is 11.3 Å². The molecule has 0 aliphatic carbocycles. The molecule has 1 saturated heterocycles. The van der Waals surface area contributed by atoms with E-state index >= 15 is 0 Å². The highest BCUT2D eigenvalue weighted by Crippen LogP contribution is 2.22. The fraction of sp³-hybridized carbons (Fsp3) is 0.292. The molecule has 0 unspecified atom stereocenters. The van der Waals surface area contributed by atoms with E-state index in [0.717, 1.165) is 23.5 Å². The lowest BCUT2D eigenvalue weighted by Crippen LogP contribution is -2.47. The first kappa shape index (κ1) is 21.7. The number of carbonyl (C=O) groups excluding carboxylic acids is 1. The smallest absolute Gasteiger partial charge is 0.267 e. The molecular weight excluding hydrogens is 411 g/mol. The molecule has 0 bridgehead atoms. The first-order valence-electron chi connectivity index (χ1n) is 10.5. The number of halogens is 1. The number of ether oxygens (including phenoxy) is 1. The number of benzene rings is 2. The van der Waals surface area contributed by atoms with Crippen LogP contribution in [0.4, 0.5) is 15.8 Å². The second kappa shape index (κ2) is 8.92. The normalized spacial score (nSPS) is 14.3. The number of hydrogen-bond acceptors (Lipinski definition) is 5. The minimum Gasteiger partial charge on any atom is -0.378 e. The number of hydrogen-bond donors (Lipinski definition) is 1. The van der Waals surface area contributed by atoms with Crippen molar-refractivity contribution < 1.29 is 13.9 Å². The van der Waals surface area contributed by atoms with Gasteiger partial charge in [0.2, 0.25) is 0 Å². The molecular formula is C24H25FN4O3. The maximum Gasteiger partial charge on any atom is 0.267 e. The third kappa shape index (κ3) is 4.55. The van der Waals surface area contributed by atoms with E-state index < -0.39 is 11.1 Å². The maximum absolute atomic E-state index is 13.2. The summed E-state index contributed by atoms with van der Waals surface area (Å²) < 4.78 is 19.8. The topological polar surface area (TPSA) is 76.5 Å². The van der Waals surface area contributed by atoms with Gasteiger partial charge in [0.05, 0.1) is 18.9 Å². The molecule has 2 aromatic carbocycles. The van der Waals surface area contributed by atoms with Gasteiger partial charge in [-0.3, -0.25) is 9.59 Å². The van der Waals surface area contributed by atoms with Gasteiger partial charge in [-0.25, -0.2) is 9.07 Å². The summed E-state index contributed by atoms with van der Waals surface area (Å²) in [5.41, 5.74) is 1.16. The van der Waals surface area contributed by atoms with Gasteiger partial charge in [0.15, 0.2) is 0 Å². The van der Waals surface area contributed by atoms with E-state index in [1.54, 1.807) is 32.0 Å². The average Bonchev–Trinajstić information content (AvgIpc) is 2.81. The van der Waals surface area contributed by atoms with Gasteiger partial charge in [0.1, 0.15) is 11.4 Å². The molecule has 8 heteroatoms. The Labute approximate surface area is 185 Å². The molecule has 2 heterocycles. The Morgan fingerprint density at radius 1 is 1.00 bits per heavy atom. The van der Waals surface area contributed by atoms with Gasteiger partial charge >= 0.3 is 0 Å². The number of carbonyl (C=O) groups is 1. The average molecular weight is 436 g/mol. The summed E-state index contributed by atoms with van der Waals surface area (Å²) in [5.74, 6) is -0.733. The number of nitrogens with zero attached hydrogens (tertiary/aromatic N) is 3. The van der Waals surface area contributed by atoms with Crippen LogP contribution < -0.4 is 15.8 Å². The predicted molar refractivity (Wildman–Crippen MR) is 121 cm³/mol. The van der Waals surface area contributed by atoms with Crippen LogP contribution in [0.1, 0.15) is 13.8 Å². The van der Waals surface area contributed by atoms with Crippen molar-refractivity contribution in [3.63, 3.8) is 0 Å². The fourth-order valence-corrected chi connectivity index (χ4v) is 3.54. The molecule has 0 radical (unpaired) electrons. The summed E-state index contributed by atoms with van der Waals surface area (Å²) >= 11 is 0. The fourth-order valence-electron chi connectivity index (χ4n) is 3.54. The van der Waals surface area contributed by atoms with Crippen molar-refractivity contribution >= 4 is 17.3 Å². The van der Waals surface area contributed by atoms with Crippen molar-refractivity contribution in [2.45, 2.75) is 19.4 Å². The highest BCUT2D eigenvalue weighted by atomic mass is 19.1. The Bertz CT molecular complexity index is 1150. The number of nitrogens with one attached hydrogen (secondary N) is 1. The van der Waals surface area contributed by atoms with E-state index in [4.69, 9.17) is 4.74 Å². The number of aromatic nitrogens is 2. The Kier molecular flexibility index (Phi) is 6.05. The second-order valence-corrected chi connectivity index (χ2v) is 8.13. The molecule has 3 aromatic rings. The van der Waals surface area contributed by atoms with Gasteiger partial charge < -0.3 is 15.0 Å². The van der Waals surface area contributed by atoms with Crippen LogP contribution in [0.15, 0.2) is 65.5 Å². The Balaban J connectivity index is 1.53. The standard InChI is InChI=1S/C24H25FN4O3/c1-24(2,29-22(30)12-11-21(27-29)17-3-5-18(25)6-4-17)23(31)26-19-7-9-20(10-8-19)28-13-15-32-16-14-28/h3-12H,13-16H2,1-2H3,(H,26,31). The molecule has 0 spiro atoms. The van der Waals surface area contributed by atoms with E-state index in [2.05, 4.69) is 15.3 Å². The number of amides is 1. The van der Waals surface area contributed by atoms with Crippen molar-refractivity contribution in [1.29, 1.82) is 0 Å². The second-order valence-electron chi connectivity index (χ2n) is 8.13. The van der Waals surface area contributed by atoms with Gasteiger partial charge in [-0.2, -0.15) is 5.10 Å². The maximum atomic E-state index is 13.2. The third-order valence-electron chi connectivity index (χ3n) is 5.53. The first-order chi connectivity index (χ1) is 15.3. The third-order valence-corrected chi connectivity index (χ3v) is 5.53. The van der Waals surface area contributed by atoms with Crippen molar-refractivity contribution in [3.8, 4) is 11.3 Å². The zero-order valence-electron chi connectivity index (χ0n) is 18.0. The zero-order chi connectivity index (χ0) is 22.7. The molecule has 0 saturated carbocycles. The lowest BCUT2D eigenvalue weighted by atomic mass is 10.0. The monoisotopic (exact) mass is 436 g/mol. The zero-order valence-corrected chi connectivity index (χ0v) is 18.0. The summed E-state index contributed by atoms with van der Waals surface area (Å²) in [5, 5.41) is 7.26. The lowest BCUT2D eigenvalue weighted by molar-refractivity contribution is -0.123. The highest BCUT2D eigenvalue weighted by Gasteiger charge is 2.32. The molecule has 1 aromatic heterocycles. The van der Waals surface area contributed by atoms with Gasteiger partial charge in [-0.1, -0.05) is 0 Å². The van der Waals surface area contributed by atoms with E-state index in [1.807, 2.05) is 24.3 Å². The molecule has 166 valence electrons. The van der Waals surface area contributed by atoms with Crippen LogP contribution in [0, 0.1) is 5.82 Å². The number of rotatable bonds is 5. The van der Waals surface area contributed by atoms with Gasteiger partial charge in [-0.15, -0.1) is 0 Å². The van der Waals surface area contributed by atoms with E-state index in [0.29, 0.717) is 30.2 Å². The summed E-state index contributed by atoms with van der Waals surface area (Å²) in [6.45, 7) is 6.33. The molecule has 1 amide bonds. The van der Waals surface area contributed by atoms with Gasteiger partial charge in [0.25, 0.3) is 11.5 Å². The van der Waals surface area contributed by atoms with Crippen LogP contribution in [-0.4, -0.2) is 42.0 Å². The van der Waals surface area contributed by atoms with Crippen LogP contribution in [0.3, 0.4) is 0 Å². The number of morpholine rings is 1. The van der Waals surface area contributed by atoms with E-state index in [9.17, 15) is 14.0 Å². The molecule has 1 aliphatic heterocycles. The van der Waals surface area contributed by atoms with Crippen LogP contribution in [0.5, 0.6) is 0 Å². The van der Waals surface area contributed by atoms with Crippen molar-refractivity contribution in [2.75, 3.05) is 36.5 Å². The Morgan fingerprint density at radius 2 is 1.66 bits per heavy atom. The van der Waals surface area contributed by atoms with Crippen LogP contribution in [-0.2, 0) is 15.1 Å². The molecule has 32 heavy (non-hydrogen) atoms. The number of anilines is 2. The van der Waals surface area contributed by atoms with Crippen molar-refractivity contribution in [2.24, 2.45) is 0 Å². The predicted octanol–water partition coefficient (Wildman–Crippen LogP) is 3.26. The Hall–Kier alpha value is -3.52. The first-order valence-corrected chi connectivity index (χ1v) is 10.5. The summed E-state index contributed by atoms with van der Waals surface area (Å²) in [7, 11) is 0.